The number of thioether (sulfide) groups is 1. The lowest BCUT2D eigenvalue weighted by molar-refractivity contribution is -0.123. The molecule has 3 amide bonds. The molecule has 0 aliphatic carbocycles. The van der Waals surface area contributed by atoms with Crippen molar-refractivity contribution in [3.63, 3.8) is 0 Å². The monoisotopic (exact) mass is 526 g/mol. The minimum Gasteiger partial charge on any atom is -0.493 e. The van der Waals surface area contributed by atoms with Gasteiger partial charge in [0.2, 0.25) is 0 Å². The summed E-state index contributed by atoms with van der Waals surface area (Å²) in [5.74, 6) is -1.02. The third-order valence-corrected chi connectivity index (χ3v) is 6.30. The van der Waals surface area contributed by atoms with E-state index in [9.17, 15) is 18.8 Å². The lowest BCUT2D eigenvalue weighted by Gasteiger charge is -2.14. The van der Waals surface area contributed by atoms with Crippen molar-refractivity contribution in [3.05, 3.63) is 93.6 Å². The number of rotatable bonds is 8. The van der Waals surface area contributed by atoms with Crippen molar-refractivity contribution in [2.45, 2.75) is 6.54 Å². The predicted octanol–water partition coefficient (Wildman–Crippen LogP) is 5.74. The Morgan fingerprint density at radius 1 is 1.11 bits per heavy atom. The molecule has 184 valence electrons. The first-order valence-corrected chi connectivity index (χ1v) is 11.9. The molecule has 36 heavy (non-hydrogen) atoms. The molecule has 0 radical (unpaired) electrons. The van der Waals surface area contributed by atoms with E-state index in [2.05, 4.69) is 5.32 Å². The van der Waals surface area contributed by atoms with Crippen LogP contribution < -0.4 is 14.8 Å². The van der Waals surface area contributed by atoms with E-state index in [1.54, 1.807) is 36.4 Å². The Balaban J connectivity index is 1.48. The standard InChI is InChI=1S/C26H20ClFN2O5S/c1-34-21-12-16(11-19(27)24(21)35-15-23(31)29-18-8-3-2-4-9-18)13-22-25(32)30(26(33)36-22)14-17-7-5-6-10-20(17)28/h2-13H,14-15H2,1H3,(H,29,31)/b22-13-. The molecule has 1 saturated heterocycles. The van der Waals surface area contributed by atoms with Crippen LogP contribution in [0.5, 0.6) is 11.5 Å². The summed E-state index contributed by atoms with van der Waals surface area (Å²) in [5, 5.41) is 2.35. The summed E-state index contributed by atoms with van der Waals surface area (Å²) in [4.78, 5) is 38.6. The zero-order chi connectivity index (χ0) is 25.7. The highest BCUT2D eigenvalue weighted by atomic mass is 35.5. The van der Waals surface area contributed by atoms with Crippen molar-refractivity contribution >= 4 is 52.2 Å². The van der Waals surface area contributed by atoms with E-state index in [0.29, 0.717) is 11.3 Å². The summed E-state index contributed by atoms with van der Waals surface area (Å²) >= 11 is 7.13. The summed E-state index contributed by atoms with van der Waals surface area (Å²) in [6.45, 7) is -0.476. The van der Waals surface area contributed by atoms with Gasteiger partial charge in [-0.05, 0) is 53.7 Å². The Labute approximate surface area is 215 Å². The normalized spacial score (nSPS) is 14.3. The van der Waals surface area contributed by atoms with Crippen molar-refractivity contribution in [1.29, 1.82) is 0 Å². The lowest BCUT2D eigenvalue weighted by Crippen LogP contribution is -2.27. The first-order chi connectivity index (χ1) is 17.4. The molecule has 10 heteroatoms. The van der Waals surface area contributed by atoms with Crippen molar-refractivity contribution in [3.8, 4) is 11.5 Å². The van der Waals surface area contributed by atoms with Crippen LogP contribution in [0.25, 0.3) is 6.08 Å². The minimum absolute atomic E-state index is 0.152. The molecule has 1 aliphatic rings. The van der Waals surface area contributed by atoms with Gasteiger partial charge in [-0.25, -0.2) is 4.39 Å². The van der Waals surface area contributed by atoms with Gasteiger partial charge >= 0.3 is 0 Å². The third kappa shape index (κ3) is 5.87. The van der Waals surface area contributed by atoms with Gasteiger partial charge in [-0.15, -0.1) is 0 Å². The van der Waals surface area contributed by atoms with E-state index in [-0.39, 0.29) is 46.0 Å². The van der Waals surface area contributed by atoms with Gasteiger partial charge in [-0.2, -0.15) is 0 Å². The number of carbonyl (C=O) groups is 3. The van der Waals surface area contributed by atoms with Crippen LogP contribution in [0.2, 0.25) is 5.02 Å². The number of para-hydroxylation sites is 1. The maximum atomic E-state index is 14.0. The molecular weight excluding hydrogens is 507 g/mol. The highest BCUT2D eigenvalue weighted by Crippen LogP contribution is 2.39. The molecule has 3 aromatic rings. The zero-order valence-electron chi connectivity index (χ0n) is 19.0. The van der Waals surface area contributed by atoms with E-state index < -0.39 is 17.0 Å². The Morgan fingerprint density at radius 2 is 1.83 bits per heavy atom. The van der Waals surface area contributed by atoms with Gasteiger partial charge in [-0.3, -0.25) is 19.3 Å². The fourth-order valence-electron chi connectivity index (χ4n) is 3.40. The molecular formula is C26H20ClFN2O5S. The fourth-order valence-corrected chi connectivity index (χ4v) is 4.52. The number of benzene rings is 3. The van der Waals surface area contributed by atoms with Crippen molar-refractivity contribution in [2.75, 3.05) is 19.0 Å². The minimum atomic E-state index is -0.541. The number of imide groups is 1. The van der Waals surface area contributed by atoms with Gasteiger partial charge in [-0.1, -0.05) is 48.0 Å². The Morgan fingerprint density at radius 3 is 2.56 bits per heavy atom. The number of amides is 3. The van der Waals surface area contributed by atoms with Crippen molar-refractivity contribution in [1.82, 2.24) is 4.90 Å². The van der Waals surface area contributed by atoms with Crippen LogP contribution in [-0.2, 0) is 16.1 Å². The Bertz CT molecular complexity index is 1350. The van der Waals surface area contributed by atoms with Crippen molar-refractivity contribution < 1.29 is 28.2 Å². The molecule has 1 fully saturated rings. The number of methoxy groups -OCH3 is 1. The summed E-state index contributed by atoms with van der Waals surface area (Å²) < 4.78 is 24.9. The van der Waals surface area contributed by atoms with Crippen LogP contribution >= 0.6 is 23.4 Å². The second kappa shape index (κ2) is 11.3. The van der Waals surface area contributed by atoms with Crippen molar-refractivity contribution in [2.24, 2.45) is 0 Å². The van der Waals surface area contributed by atoms with E-state index in [0.717, 1.165) is 16.7 Å². The Kier molecular flexibility index (Phi) is 7.92. The number of anilines is 1. The second-order valence-corrected chi connectivity index (χ2v) is 9.00. The molecule has 0 bridgehead atoms. The number of hydrogen-bond acceptors (Lipinski definition) is 6. The van der Waals surface area contributed by atoms with E-state index >= 15 is 0 Å². The number of carbonyl (C=O) groups excluding carboxylic acids is 3. The topological polar surface area (TPSA) is 84.9 Å². The zero-order valence-corrected chi connectivity index (χ0v) is 20.6. The van der Waals surface area contributed by atoms with Crippen LogP contribution in [-0.4, -0.2) is 35.7 Å². The van der Waals surface area contributed by atoms with Crippen LogP contribution in [0.1, 0.15) is 11.1 Å². The van der Waals surface area contributed by atoms with E-state index in [4.69, 9.17) is 21.1 Å². The smallest absolute Gasteiger partial charge is 0.293 e. The summed E-state index contributed by atoms with van der Waals surface area (Å²) in [6.07, 6.45) is 1.49. The fraction of sp³-hybridized carbons (Fsp3) is 0.115. The molecule has 4 rings (SSSR count). The molecule has 0 aromatic heterocycles. The number of nitrogens with zero attached hydrogens (tertiary/aromatic N) is 1. The number of nitrogens with one attached hydrogen (secondary N) is 1. The quantitative estimate of drug-likeness (QED) is 0.377. The molecule has 3 aromatic carbocycles. The molecule has 7 nitrogen and oxygen atoms in total. The van der Waals surface area contributed by atoms with Gasteiger partial charge in [0.1, 0.15) is 5.82 Å². The number of halogens is 2. The van der Waals surface area contributed by atoms with Crippen LogP contribution in [0.3, 0.4) is 0 Å². The second-order valence-electron chi connectivity index (χ2n) is 7.60. The first kappa shape index (κ1) is 25.3. The van der Waals surface area contributed by atoms with Crippen LogP contribution in [0.4, 0.5) is 14.9 Å². The number of ether oxygens (including phenoxy) is 2. The highest BCUT2D eigenvalue weighted by molar-refractivity contribution is 8.18. The summed E-state index contributed by atoms with van der Waals surface area (Å²) in [6, 6.07) is 18.0. The van der Waals surface area contributed by atoms with Crippen LogP contribution in [0.15, 0.2) is 71.6 Å². The molecule has 0 spiro atoms. The first-order valence-electron chi connectivity index (χ1n) is 10.7. The molecule has 1 N–H and O–H groups in total. The largest absolute Gasteiger partial charge is 0.493 e. The molecule has 0 atom stereocenters. The van der Waals surface area contributed by atoms with Gasteiger partial charge in [0.25, 0.3) is 17.1 Å². The lowest BCUT2D eigenvalue weighted by atomic mass is 10.1. The Hall–Kier alpha value is -3.82. The highest BCUT2D eigenvalue weighted by Gasteiger charge is 2.35. The van der Waals surface area contributed by atoms with Crippen LogP contribution in [0, 0.1) is 5.82 Å². The third-order valence-electron chi connectivity index (χ3n) is 5.11. The summed E-state index contributed by atoms with van der Waals surface area (Å²) in [7, 11) is 1.41. The maximum Gasteiger partial charge on any atom is 0.293 e. The maximum absolute atomic E-state index is 14.0. The average Bonchev–Trinajstić information content (AvgIpc) is 3.12. The van der Waals surface area contributed by atoms with Gasteiger partial charge in [0.05, 0.1) is 23.6 Å². The average molecular weight is 527 g/mol. The SMILES string of the molecule is COc1cc(/C=C2\SC(=O)N(Cc3ccccc3F)C2=O)cc(Cl)c1OCC(=O)Nc1ccccc1. The summed E-state index contributed by atoms with van der Waals surface area (Å²) in [5.41, 5.74) is 1.35. The molecule has 0 saturated carbocycles. The van der Waals surface area contributed by atoms with E-state index in [1.807, 2.05) is 6.07 Å². The predicted molar refractivity (Wildman–Crippen MR) is 136 cm³/mol. The van der Waals surface area contributed by atoms with Gasteiger partial charge in [0, 0.05) is 11.3 Å². The van der Waals surface area contributed by atoms with E-state index in [1.165, 1.54) is 37.5 Å². The molecule has 1 aliphatic heterocycles. The molecule has 0 unspecified atom stereocenters. The van der Waals surface area contributed by atoms with Gasteiger partial charge < -0.3 is 14.8 Å². The van der Waals surface area contributed by atoms with Gasteiger partial charge in [0.15, 0.2) is 18.1 Å². The number of hydrogen-bond donors (Lipinski definition) is 1. The molecule has 1 heterocycles.